The summed E-state index contributed by atoms with van der Waals surface area (Å²) in [6.07, 6.45) is -11.0. The first kappa shape index (κ1) is 18.8. The molecule has 0 bridgehead atoms. The minimum atomic E-state index is -5.35. The van der Waals surface area contributed by atoms with Gasteiger partial charge in [-0.05, 0) is 35.6 Å². The molecule has 0 aromatic carbocycles. The van der Waals surface area contributed by atoms with E-state index in [4.69, 9.17) is 0 Å². The molecule has 0 aliphatic heterocycles. The van der Waals surface area contributed by atoms with Gasteiger partial charge in [0.15, 0.2) is 0 Å². The van der Waals surface area contributed by atoms with Crippen molar-refractivity contribution >= 4 is 28.6 Å². The van der Waals surface area contributed by atoms with Crippen molar-refractivity contribution in [3.05, 3.63) is 20.9 Å². The SMILES string of the molecule is CCOC(=O)Cc1cc(I)c(C(F)(F)F)c(OC(F)(F)F)n1. The number of carbonyl (C=O) groups is 1. The van der Waals surface area contributed by atoms with Crippen molar-refractivity contribution in [2.75, 3.05) is 6.61 Å². The van der Waals surface area contributed by atoms with E-state index in [9.17, 15) is 31.1 Å². The number of hydrogen-bond acceptors (Lipinski definition) is 4. The van der Waals surface area contributed by atoms with E-state index in [2.05, 4.69) is 14.5 Å². The number of ether oxygens (including phenoxy) is 2. The Bertz CT molecular complexity index is 558. The Hall–Kier alpha value is -1.27. The third-order valence-electron chi connectivity index (χ3n) is 2.12. The molecule has 0 amide bonds. The smallest absolute Gasteiger partial charge is 0.466 e. The van der Waals surface area contributed by atoms with Gasteiger partial charge in [0.1, 0.15) is 5.56 Å². The summed E-state index contributed by atoms with van der Waals surface area (Å²) in [5, 5.41) is 0. The van der Waals surface area contributed by atoms with Crippen LogP contribution in [0.3, 0.4) is 0 Å². The maximum absolute atomic E-state index is 12.8. The Morgan fingerprint density at radius 3 is 2.32 bits per heavy atom. The lowest BCUT2D eigenvalue weighted by Gasteiger charge is -2.16. The predicted molar refractivity (Wildman–Crippen MR) is 69.0 cm³/mol. The van der Waals surface area contributed by atoms with Gasteiger partial charge < -0.3 is 9.47 Å². The minimum Gasteiger partial charge on any atom is -0.466 e. The highest BCUT2D eigenvalue weighted by atomic mass is 127. The fraction of sp³-hybridized carbons (Fsp3) is 0.455. The highest BCUT2D eigenvalue weighted by Crippen LogP contribution is 2.40. The van der Waals surface area contributed by atoms with E-state index in [1.165, 1.54) is 29.5 Å². The molecule has 1 rings (SSSR count). The zero-order valence-corrected chi connectivity index (χ0v) is 13.0. The summed E-state index contributed by atoms with van der Waals surface area (Å²) in [6.45, 7) is 1.52. The number of carbonyl (C=O) groups excluding carboxylic acids is 1. The van der Waals surface area contributed by atoms with Crippen molar-refractivity contribution in [3.8, 4) is 5.88 Å². The molecule has 0 saturated heterocycles. The van der Waals surface area contributed by atoms with E-state index in [1.54, 1.807) is 0 Å². The fourth-order valence-corrected chi connectivity index (χ4v) is 2.33. The van der Waals surface area contributed by atoms with Crippen LogP contribution in [0.5, 0.6) is 5.88 Å². The van der Waals surface area contributed by atoms with Gasteiger partial charge in [0.05, 0.1) is 18.7 Å². The van der Waals surface area contributed by atoms with E-state index < -0.39 is 39.9 Å². The van der Waals surface area contributed by atoms with E-state index in [0.29, 0.717) is 0 Å². The van der Waals surface area contributed by atoms with Crippen molar-refractivity contribution in [2.45, 2.75) is 25.9 Å². The number of rotatable bonds is 4. The van der Waals surface area contributed by atoms with Gasteiger partial charge in [0, 0.05) is 3.57 Å². The van der Waals surface area contributed by atoms with Crippen LogP contribution in [0.4, 0.5) is 26.3 Å². The van der Waals surface area contributed by atoms with Gasteiger partial charge in [0.25, 0.3) is 0 Å². The average Bonchev–Trinajstić information content (AvgIpc) is 2.23. The molecule has 0 saturated carbocycles. The Morgan fingerprint density at radius 2 is 1.86 bits per heavy atom. The number of esters is 1. The molecule has 124 valence electrons. The number of hydrogen-bond donors (Lipinski definition) is 0. The van der Waals surface area contributed by atoms with Crippen molar-refractivity contribution in [1.29, 1.82) is 0 Å². The Morgan fingerprint density at radius 1 is 1.27 bits per heavy atom. The van der Waals surface area contributed by atoms with E-state index in [0.717, 1.165) is 6.07 Å². The normalized spacial score (nSPS) is 12.2. The number of halogens is 7. The molecule has 0 aliphatic carbocycles. The highest BCUT2D eigenvalue weighted by molar-refractivity contribution is 14.1. The monoisotopic (exact) mass is 443 g/mol. The average molecular weight is 443 g/mol. The second-order valence-corrected chi connectivity index (χ2v) is 4.97. The molecule has 1 aromatic rings. The van der Waals surface area contributed by atoms with Gasteiger partial charge in [-0.3, -0.25) is 4.79 Å². The summed E-state index contributed by atoms with van der Waals surface area (Å²) < 4.78 is 82.5. The summed E-state index contributed by atoms with van der Waals surface area (Å²) in [4.78, 5) is 14.4. The number of alkyl halides is 6. The van der Waals surface area contributed by atoms with Gasteiger partial charge in [-0.25, -0.2) is 4.98 Å². The van der Waals surface area contributed by atoms with Crippen LogP contribution in [0, 0.1) is 3.57 Å². The van der Waals surface area contributed by atoms with Gasteiger partial charge >= 0.3 is 18.5 Å². The molecule has 0 aliphatic rings. The summed E-state index contributed by atoms with van der Waals surface area (Å²) >= 11 is 1.20. The molecule has 22 heavy (non-hydrogen) atoms. The van der Waals surface area contributed by atoms with Crippen LogP contribution in [-0.4, -0.2) is 23.9 Å². The number of pyridine rings is 1. The predicted octanol–water partition coefficient (Wildman–Crippen LogP) is 3.71. The first-order chi connectivity index (χ1) is 9.94. The highest BCUT2D eigenvalue weighted by Gasteiger charge is 2.42. The number of aromatic nitrogens is 1. The second-order valence-electron chi connectivity index (χ2n) is 3.80. The zero-order valence-electron chi connectivity index (χ0n) is 10.8. The zero-order chi connectivity index (χ0) is 17.1. The van der Waals surface area contributed by atoms with Crippen LogP contribution in [-0.2, 0) is 22.1 Å². The molecule has 0 N–H and O–H groups in total. The third kappa shape index (κ3) is 5.50. The van der Waals surface area contributed by atoms with Gasteiger partial charge in [-0.15, -0.1) is 13.2 Å². The van der Waals surface area contributed by atoms with Crippen LogP contribution in [0.1, 0.15) is 18.2 Å². The van der Waals surface area contributed by atoms with E-state index >= 15 is 0 Å². The Balaban J connectivity index is 3.28. The van der Waals surface area contributed by atoms with Gasteiger partial charge in [-0.2, -0.15) is 13.2 Å². The molecule has 0 fully saturated rings. The summed E-state index contributed by atoms with van der Waals surface area (Å²) in [7, 11) is 0. The van der Waals surface area contributed by atoms with Gasteiger partial charge in [-0.1, -0.05) is 0 Å². The van der Waals surface area contributed by atoms with Crippen LogP contribution < -0.4 is 4.74 Å². The summed E-state index contributed by atoms with van der Waals surface area (Å²) in [6, 6.07) is 0.851. The topological polar surface area (TPSA) is 48.4 Å². The minimum absolute atomic E-state index is 0.0163. The molecule has 0 spiro atoms. The van der Waals surface area contributed by atoms with Crippen LogP contribution in [0.25, 0.3) is 0 Å². The molecular weight excluding hydrogens is 435 g/mol. The van der Waals surface area contributed by atoms with E-state index in [1.807, 2.05) is 0 Å². The van der Waals surface area contributed by atoms with Crippen molar-refractivity contribution in [2.24, 2.45) is 0 Å². The lowest BCUT2D eigenvalue weighted by atomic mass is 10.2. The lowest BCUT2D eigenvalue weighted by molar-refractivity contribution is -0.278. The molecule has 4 nitrogen and oxygen atoms in total. The second kappa shape index (κ2) is 6.87. The molecule has 1 aromatic heterocycles. The van der Waals surface area contributed by atoms with E-state index in [-0.39, 0.29) is 12.3 Å². The van der Waals surface area contributed by atoms with Gasteiger partial charge in [0.2, 0.25) is 5.88 Å². The van der Waals surface area contributed by atoms with Crippen LogP contribution in [0.15, 0.2) is 6.07 Å². The fourth-order valence-electron chi connectivity index (χ4n) is 1.43. The molecule has 0 unspecified atom stereocenters. The van der Waals surface area contributed by atoms with Crippen molar-refractivity contribution in [1.82, 2.24) is 4.98 Å². The van der Waals surface area contributed by atoms with Crippen molar-refractivity contribution < 1.29 is 40.6 Å². The molecular formula is C11H8F6INO3. The number of nitrogens with zero attached hydrogens (tertiary/aromatic N) is 1. The Labute approximate surface area is 133 Å². The first-order valence-corrected chi connectivity index (χ1v) is 6.70. The summed E-state index contributed by atoms with van der Waals surface area (Å²) in [5.41, 5.74) is -1.98. The maximum atomic E-state index is 12.8. The van der Waals surface area contributed by atoms with Crippen LogP contribution >= 0.6 is 22.6 Å². The van der Waals surface area contributed by atoms with Crippen molar-refractivity contribution in [3.63, 3.8) is 0 Å². The summed E-state index contributed by atoms with van der Waals surface area (Å²) in [5.74, 6) is -2.48. The molecule has 0 radical (unpaired) electrons. The Kier molecular flexibility index (Phi) is 5.87. The molecule has 11 heteroatoms. The third-order valence-corrected chi connectivity index (χ3v) is 2.97. The standard InChI is InChI=1S/C11H8F6INO3/c1-2-21-7(20)4-5-3-6(18)8(10(12,13)14)9(19-5)22-11(15,16)17/h3H,2,4H2,1H3. The molecule has 1 heterocycles. The first-order valence-electron chi connectivity index (χ1n) is 5.62. The molecule has 0 atom stereocenters. The van der Waals surface area contributed by atoms with Crippen LogP contribution in [0.2, 0.25) is 0 Å². The maximum Gasteiger partial charge on any atom is 0.574 e. The lowest BCUT2D eigenvalue weighted by Crippen LogP contribution is -2.23. The largest absolute Gasteiger partial charge is 0.574 e. The quantitative estimate of drug-likeness (QED) is 0.405.